The number of hydrogen-bond donors (Lipinski definition) is 1. The molecule has 16 atom stereocenters. The highest BCUT2D eigenvalue weighted by Crippen LogP contribution is 2.62. The number of piperazine rings is 1. The van der Waals surface area contributed by atoms with Crippen LogP contribution in [0.4, 0.5) is 0 Å². The monoisotopic (exact) mass is 665 g/mol. The second-order valence-corrected chi connectivity index (χ2v) is 19.2. The van der Waals surface area contributed by atoms with Crippen molar-refractivity contribution >= 4 is 0 Å². The van der Waals surface area contributed by atoms with Gasteiger partial charge in [-0.2, -0.15) is 0 Å². The van der Waals surface area contributed by atoms with E-state index < -0.39 is 0 Å². The van der Waals surface area contributed by atoms with E-state index in [0.29, 0.717) is 24.3 Å². The topological polar surface area (TPSA) is 21.8 Å². The molecule has 10 rings (SSSR count). The van der Waals surface area contributed by atoms with Crippen molar-refractivity contribution in [3.63, 3.8) is 0 Å². The first-order valence-corrected chi connectivity index (χ1v) is 21.9. The fourth-order valence-electron chi connectivity index (χ4n) is 15.3. The summed E-state index contributed by atoms with van der Waals surface area (Å²) in [5, 5.41) is 4.46. The van der Waals surface area contributed by atoms with Gasteiger partial charge in [0.2, 0.25) is 0 Å². The van der Waals surface area contributed by atoms with E-state index in [-0.39, 0.29) is 0 Å². The Labute approximate surface area is 299 Å². The predicted molar refractivity (Wildman–Crippen MR) is 202 cm³/mol. The van der Waals surface area contributed by atoms with Crippen molar-refractivity contribution < 1.29 is 0 Å². The van der Waals surface area contributed by atoms with E-state index >= 15 is 0 Å². The van der Waals surface area contributed by atoms with Crippen LogP contribution < -0.4 is 5.32 Å². The highest BCUT2D eigenvalue weighted by molar-refractivity contribution is 5.32. The Hall–Kier alpha value is -1.36. The first-order chi connectivity index (χ1) is 24.1. The average Bonchev–Trinajstić information content (AvgIpc) is 3.63. The van der Waals surface area contributed by atoms with Gasteiger partial charge in [0.15, 0.2) is 0 Å². The zero-order valence-corrected chi connectivity index (χ0v) is 31.3. The molecule has 4 saturated carbocycles. The second-order valence-electron chi connectivity index (χ2n) is 19.2. The Morgan fingerprint density at radius 2 is 1.51 bits per heavy atom. The molecule has 7 fully saturated rings. The zero-order chi connectivity index (χ0) is 32.8. The Kier molecular flexibility index (Phi) is 8.53. The molecule has 3 heterocycles. The maximum atomic E-state index is 4.46. The van der Waals surface area contributed by atoms with Gasteiger partial charge in [0, 0.05) is 47.9 Å². The summed E-state index contributed by atoms with van der Waals surface area (Å²) in [6.45, 7) is 5.26. The van der Waals surface area contributed by atoms with E-state index in [1.807, 2.05) is 0 Å². The van der Waals surface area contributed by atoms with Gasteiger partial charge < -0.3 is 10.2 Å². The van der Waals surface area contributed by atoms with E-state index in [4.69, 9.17) is 0 Å². The normalized spacial score (nSPS) is 51.1. The Morgan fingerprint density at radius 3 is 2.37 bits per heavy atom. The van der Waals surface area contributed by atoms with Crippen LogP contribution in [-0.2, 0) is 0 Å². The van der Waals surface area contributed by atoms with Crippen LogP contribution in [0, 0.1) is 47.3 Å². The number of nitrogens with one attached hydrogen (secondary N) is 1. The maximum Gasteiger partial charge on any atom is 0.0829 e. The third kappa shape index (κ3) is 5.13. The molecule has 4 heteroatoms. The quantitative estimate of drug-likeness (QED) is 0.304. The first kappa shape index (κ1) is 32.3. The molecule has 7 aliphatic carbocycles. The third-order valence-electron chi connectivity index (χ3n) is 17.1. The van der Waals surface area contributed by atoms with Crippen molar-refractivity contribution in [1.29, 1.82) is 0 Å². The molecule has 268 valence electrons. The minimum atomic E-state index is 0.434. The summed E-state index contributed by atoms with van der Waals surface area (Å²) in [6, 6.07) is 4.72. The predicted octanol–water partition coefficient (Wildman–Crippen LogP) is 9.07. The van der Waals surface area contributed by atoms with Gasteiger partial charge in [-0.3, -0.25) is 9.80 Å². The zero-order valence-electron chi connectivity index (χ0n) is 31.3. The van der Waals surface area contributed by atoms with Gasteiger partial charge in [-0.1, -0.05) is 76.0 Å². The lowest BCUT2D eigenvalue weighted by atomic mass is 9.55. The molecule has 3 aliphatic heterocycles. The van der Waals surface area contributed by atoms with E-state index in [1.165, 1.54) is 116 Å². The van der Waals surface area contributed by atoms with Crippen LogP contribution in [0.15, 0.2) is 47.7 Å². The van der Waals surface area contributed by atoms with Gasteiger partial charge in [0.05, 0.1) is 12.2 Å². The van der Waals surface area contributed by atoms with E-state index in [1.54, 1.807) is 11.3 Å². The number of allylic oxidation sites excluding steroid dienone is 5. The van der Waals surface area contributed by atoms with Crippen LogP contribution in [0.1, 0.15) is 129 Å². The van der Waals surface area contributed by atoms with Crippen molar-refractivity contribution in [2.45, 2.75) is 178 Å². The molecule has 49 heavy (non-hydrogen) atoms. The van der Waals surface area contributed by atoms with Crippen molar-refractivity contribution in [3.05, 3.63) is 47.7 Å². The highest BCUT2D eigenvalue weighted by atomic mass is 15.5. The molecule has 4 nitrogen and oxygen atoms in total. The Bertz CT molecular complexity index is 1360. The fourth-order valence-corrected chi connectivity index (χ4v) is 15.3. The van der Waals surface area contributed by atoms with Gasteiger partial charge in [-0.05, 0) is 144 Å². The highest BCUT2D eigenvalue weighted by Gasteiger charge is 2.65. The van der Waals surface area contributed by atoms with Gasteiger partial charge in [-0.25, -0.2) is 0 Å². The third-order valence-corrected chi connectivity index (χ3v) is 17.1. The molecule has 0 aromatic heterocycles. The molecule has 0 bridgehead atoms. The molecule has 0 aromatic carbocycles. The molecule has 16 unspecified atom stereocenters. The molecular weight excluding hydrogens is 597 g/mol. The lowest BCUT2D eigenvalue weighted by molar-refractivity contribution is -0.0880. The second kappa shape index (κ2) is 12.9. The molecule has 3 saturated heterocycles. The number of hydrogen-bond acceptors (Lipinski definition) is 4. The summed E-state index contributed by atoms with van der Waals surface area (Å²) in [5.74, 6) is 6.97. The maximum absolute atomic E-state index is 4.46. The largest absolute Gasteiger partial charge is 0.368 e. The van der Waals surface area contributed by atoms with Crippen LogP contribution in [0.3, 0.4) is 0 Å². The van der Waals surface area contributed by atoms with Crippen LogP contribution >= 0.6 is 0 Å². The Morgan fingerprint density at radius 1 is 0.653 bits per heavy atom. The van der Waals surface area contributed by atoms with Crippen LogP contribution in [0.25, 0.3) is 0 Å². The molecule has 1 N–H and O–H groups in total. The summed E-state index contributed by atoms with van der Waals surface area (Å²) in [7, 11) is 2.59. The summed E-state index contributed by atoms with van der Waals surface area (Å²) in [5.41, 5.74) is 3.38. The number of likely N-dealkylation sites (tertiary alicyclic amines) is 2. The smallest absolute Gasteiger partial charge is 0.0829 e. The number of nitrogens with zero attached hydrogens (tertiary/aromatic N) is 3. The van der Waals surface area contributed by atoms with Crippen molar-refractivity contribution in [3.8, 4) is 0 Å². The first-order valence-electron chi connectivity index (χ1n) is 21.9. The molecule has 10 aliphatic rings. The van der Waals surface area contributed by atoms with Crippen LogP contribution in [0.2, 0.25) is 0 Å². The lowest BCUT2D eigenvalue weighted by Crippen LogP contribution is -2.73. The summed E-state index contributed by atoms with van der Waals surface area (Å²) < 4.78 is 0. The van der Waals surface area contributed by atoms with Crippen LogP contribution in [-0.4, -0.2) is 70.2 Å². The molecule has 0 amide bonds. The SMILES string of the molecule is CC1CCCC=C1N1C2CCC=CC2C2CC3C4C5CCCCC5C(C)CC4N(C4C(C5=CCCC=C5)NC5CCCCC5N4C)C3CC21. The number of fused-ring (bicyclic) bond motifs is 9. The average molecular weight is 665 g/mol. The van der Waals surface area contributed by atoms with Gasteiger partial charge in [-0.15, -0.1) is 0 Å². The van der Waals surface area contributed by atoms with E-state index in [2.05, 4.69) is 77.4 Å². The summed E-state index contributed by atoms with van der Waals surface area (Å²) in [6.07, 6.45) is 41.3. The van der Waals surface area contributed by atoms with Crippen LogP contribution in [0.5, 0.6) is 0 Å². The molecule has 0 radical (unpaired) electrons. The minimum Gasteiger partial charge on any atom is -0.368 e. The standard InChI is InChI=1S/C45H68N4/c1-28-15-7-12-22-37(28)48-38-23-13-10-19-32(38)34-26-35-41(27-40(34)48)49(42-25-29(2)31-18-8-9-20-33(31)43(35)42)45-44(30-16-5-4-6-17-30)46-36-21-11-14-24-39(36)47(45)3/h5,10,16-17,19,22,28-29,31-36,38-46H,4,6-9,11-15,18,20-21,23-27H2,1-3H3. The van der Waals surface area contributed by atoms with Crippen molar-refractivity contribution in [1.82, 2.24) is 20.0 Å². The van der Waals surface area contributed by atoms with Gasteiger partial charge in [0.1, 0.15) is 0 Å². The molecular formula is C45H68N4. The minimum absolute atomic E-state index is 0.434. The van der Waals surface area contributed by atoms with Crippen molar-refractivity contribution in [2.24, 2.45) is 47.3 Å². The number of rotatable bonds is 3. The van der Waals surface area contributed by atoms with E-state index in [9.17, 15) is 0 Å². The number of likely N-dealkylation sites (N-methyl/N-ethyl adjacent to an activating group) is 1. The summed E-state index contributed by atoms with van der Waals surface area (Å²) in [4.78, 5) is 9.49. The molecule has 0 aromatic rings. The molecule has 0 spiro atoms. The lowest BCUT2D eigenvalue weighted by Gasteiger charge is -2.58. The van der Waals surface area contributed by atoms with E-state index in [0.717, 1.165) is 71.5 Å². The summed E-state index contributed by atoms with van der Waals surface area (Å²) >= 11 is 0. The van der Waals surface area contributed by atoms with Gasteiger partial charge >= 0.3 is 0 Å². The fraction of sp³-hybridized carbons (Fsp3) is 0.822. The van der Waals surface area contributed by atoms with Crippen molar-refractivity contribution in [2.75, 3.05) is 7.05 Å². The van der Waals surface area contributed by atoms with Gasteiger partial charge in [0.25, 0.3) is 0 Å². The Balaban J connectivity index is 1.08.